The van der Waals surface area contributed by atoms with Gasteiger partial charge in [0.15, 0.2) is 0 Å². The molecule has 1 aromatic carbocycles. The molecule has 0 bridgehead atoms. The molecule has 2 aromatic rings. The van der Waals surface area contributed by atoms with Crippen LogP contribution in [0.2, 0.25) is 0 Å². The fourth-order valence-corrected chi connectivity index (χ4v) is 2.26. The van der Waals surface area contributed by atoms with Crippen molar-refractivity contribution >= 4 is 5.97 Å². The number of hydrogen-bond donors (Lipinski definition) is 1. The molecule has 1 aliphatic rings. The molecule has 1 aliphatic heterocycles. The van der Waals surface area contributed by atoms with Crippen molar-refractivity contribution in [3.05, 3.63) is 59.4 Å². The van der Waals surface area contributed by atoms with Crippen LogP contribution >= 0.6 is 0 Å². The zero-order valence-electron chi connectivity index (χ0n) is 9.54. The summed E-state index contributed by atoms with van der Waals surface area (Å²) in [5.41, 5.74) is 2.06. The lowest BCUT2D eigenvalue weighted by Gasteiger charge is -2.13. The van der Waals surface area contributed by atoms with Crippen molar-refractivity contribution in [3.63, 3.8) is 0 Å². The van der Waals surface area contributed by atoms with Crippen LogP contribution in [0.15, 0.2) is 42.6 Å². The number of carbonyl (C=O) groups is 1. The molecule has 0 spiro atoms. The second-order valence-electron chi connectivity index (χ2n) is 4.14. The maximum absolute atomic E-state index is 11.5. The van der Waals surface area contributed by atoms with Crippen LogP contribution in [0.1, 0.15) is 22.7 Å². The van der Waals surface area contributed by atoms with E-state index < -0.39 is 11.9 Å². The van der Waals surface area contributed by atoms with Gasteiger partial charge in [0, 0.05) is 11.8 Å². The summed E-state index contributed by atoms with van der Waals surface area (Å²) in [6, 6.07) is 10.8. The van der Waals surface area contributed by atoms with Crippen molar-refractivity contribution in [1.82, 2.24) is 4.98 Å². The highest BCUT2D eigenvalue weighted by molar-refractivity contribution is 5.82. The Labute approximate surface area is 104 Å². The number of carboxylic acid groups (broad SMARTS) is 1. The smallest absolute Gasteiger partial charge is 0.315 e. The van der Waals surface area contributed by atoms with Gasteiger partial charge in [0.25, 0.3) is 0 Å². The molecule has 3 rings (SSSR count). The van der Waals surface area contributed by atoms with E-state index in [0.29, 0.717) is 29.2 Å². The summed E-state index contributed by atoms with van der Waals surface area (Å²) in [6.45, 7) is 0.303. The predicted octanol–water partition coefficient (Wildman–Crippen LogP) is 2.19. The van der Waals surface area contributed by atoms with Crippen LogP contribution in [0.25, 0.3) is 0 Å². The molecule has 4 nitrogen and oxygen atoms in total. The fourth-order valence-electron chi connectivity index (χ4n) is 2.26. The molecule has 1 atom stereocenters. The molecule has 0 amide bonds. The summed E-state index contributed by atoms with van der Waals surface area (Å²) >= 11 is 0. The maximum Gasteiger partial charge on any atom is 0.315 e. The van der Waals surface area contributed by atoms with E-state index >= 15 is 0 Å². The first-order valence-corrected chi connectivity index (χ1v) is 5.65. The summed E-state index contributed by atoms with van der Waals surface area (Å²) in [7, 11) is 0. The van der Waals surface area contributed by atoms with Crippen LogP contribution in [0.4, 0.5) is 0 Å². The van der Waals surface area contributed by atoms with E-state index in [0.717, 1.165) is 0 Å². The van der Waals surface area contributed by atoms with Crippen molar-refractivity contribution in [2.45, 2.75) is 12.5 Å². The molecule has 1 unspecified atom stereocenters. The molecule has 0 saturated carbocycles. The van der Waals surface area contributed by atoms with Gasteiger partial charge in [-0.25, -0.2) is 0 Å². The number of pyridine rings is 1. The number of aliphatic carboxylic acids is 1. The van der Waals surface area contributed by atoms with Crippen LogP contribution in [-0.4, -0.2) is 16.1 Å². The molecule has 0 saturated heterocycles. The molecule has 90 valence electrons. The van der Waals surface area contributed by atoms with Crippen molar-refractivity contribution in [3.8, 4) is 5.75 Å². The Bertz CT molecular complexity index is 562. The lowest BCUT2D eigenvalue weighted by Crippen LogP contribution is -2.14. The molecule has 1 aromatic heterocycles. The van der Waals surface area contributed by atoms with E-state index in [9.17, 15) is 9.90 Å². The summed E-state index contributed by atoms with van der Waals surface area (Å²) in [5.74, 6) is -0.988. The molecule has 1 N–H and O–H groups in total. The second-order valence-corrected chi connectivity index (χ2v) is 4.14. The summed E-state index contributed by atoms with van der Waals surface area (Å²) in [6.07, 6.45) is 1.65. The molecule has 18 heavy (non-hydrogen) atoms. The predicted molar refractivity (Wildman–Crippen MR) is 64.5 cm³/mol. The summed E-state index contributed by atoms with van der Waals surface area (Å²) in [5, 5.41) is 9.47. The third kappa shape index (κ3) is 1.62. The first-order chi connectivity index (χ1) is 8.77. The Morgan fingerprint density at radius 3 is 2.83 bits per heavy atom. The van der Waals surface area contributed by atoms with Crippen molar-refractivity contribution in [2.24, 2.45) is 0 Å². The van der Waals surface area contributed by atoms with Crippen molar-refractivity contribution in [2.75, 3.05) is 0 Å². The SMILES string of the molecule is O=C(O)C1c2ccccc2OCc2ncccc21. The number of fused-ring (bicyclic) bond motifs is 2. The average Bonchev–Trinajstić information content (AvgIpc) is 2.55. The summed E-state index contributed by atoms with van der Waals surface area (Å²) < 4.78 is 5.63. The van der Waals surface area contributed by atoms with Gasteiger partial charge in [-0.3, -0.25) is 9.78 Å². The third-order valence-corrected chi connectivity index (χ3v) is 3.08. The van der Waals surface area contributed by atoms with Gasteiger partial charge in [-0.15, -0.1) is 0 Å². The molecular formula is C14H11NO3. The third-order valence-electron chi connectivity index (χ3n) is 3.08. The highest BCUT2D eigenvalue weighted by Gasteiger charge is 2.30. The van der Waals surface area contributed by atoms with Gasteiger partial charge in [0.05, 0.1) is 5.69 Å². The first kappa shape index (κ1) is 10.8. The van der Waals surface area contributed by atoms with Gasteiger partial charge in [-0.05, 0) is 17.7 Å². The van der Waals surface area contributed by atoms with Gasteiger partial charge in [-0.1, -0.05) is 24.3 Å². The van der Waals surface area contributed by atoms with E-state index in [1.54, 1.807) is 30.5 Å². The van der Waals surface area contributed by atoms with Crippen molar-refractivity contribution in [1.29, 1.82) is 0 Å². The highest BCUT2D eigenvalue weighted by Crippen LogP contribution is 2.36. The zero-order valence-corrected chi connectivity index (χ0v) is 9.54. The minimum Gasteiger partial charge on any atom is -0.487 e. The van der Waals surface area contributed by atoms with E-state index in [4.69, 9.17) is 4.74 Å². The van der Waals surface area contributed by atoms with E-state index in [-0.39, 0.29) is 0 Å². The molecule has 0 aliphatic carbocycles. The van der Waals surface area contributed by atoms with Gasteiger partial charge in [0.1, 0.15) is 18.3 Å². The Hall–Kier alpha value is -2.36. The number of hydrogen-bond acceptors (Lipinski definition) is 3. The van der Waals surface area contributed by atoms with Crippen LogP contribution in [0.5, 0.6) is 5.75 Å². The lowest BCUT2D eigenvalue weighted by molar-refractivity contribution is -0.137. The highest BCUT2D eigenvalue weighted by atomic mass is 16.5. The average molecular weight is 241 g/mol. The molecule has 0 radical (unpaired) electrons. The minimum absolute atomic E-state index is 0.303. The molecule has 0 fully saturated rings. The number of ether oxygens (including phenoxy) is 1. The van der Waals surface area contributed by atoms with Crippen LogP contribution < -0.4 is 4.74 Å². The standard InChI is InChI=1S/C14H11NO3/c16-14(17)13-9-5-3-7-15-11(9)8-18-12-6-2-1-4-10(12)13/h1-7,13H,8H2,(H,16,17). The molecule has 2 heterocycles. The normalized spacial score (nSPS) is 17.0. The number of aromatic nitrogens is 1. The Morgan fingerprint density at radius 2 is 2.00 bits per heavy atom. The number of carboxylic acids is 1. The van der Waals surface area contributed by atoms with E-state index in [1.165, 1.54) is 0 Å². The van der Waals surface area contributed by atoms with E-state index in [2.05, 4.69) is 4.98 Å². The van der Waals surface area contributed by atoms with E-state index in [1.807, 2.05) is 12.1 Å². The quantitative estimate of drug-likeness (QED) is 0.831. The van der Waals surface area contributed by atoms with Crippen molar-refractivity contribution < 1.29 is 14.6 Å². The van der Waals surface area contributed by atoms with Gasteiger partial charge >= 0.3 is 5.97 Å². The first-order valence-electron chi connectivity index (χ1n) is 5.65. The minimum atomic E-state index is -0.887. The maximum atomic E-state index is 11.5. The van der Waals surface area contributed by atoms with Crippen LogP contribution in [-0.2, 0) is 11.4 Å². The number of nitrogens with zero attached hydrogens (tertiary/aromatic N) is 1. The molecular weight excluding hydrogens is 230 g/mol. The monoisotopic (exact) mass is 241 g/mol. The van der Waals surface area contributed by atoms with Gasteiger partial charge < -0.3 is 9.84 Å². The van der Waals surface area contributed by atoms with Crippen LogP contribution in [0, 0.1) is 0 Å². The number of benzene rings is 1. The second kappa shape index (κ2) is 4.14. The lowest BCUT2D eigenvalue weighted by atomic mass is 9.90. The Balaban J connectivity index is 2.24. The van der Waals surface area contributed by atoms with Gasteiger partial charge in [0.2, 0.25) is 0 Å². The molecule has 4 heteroatoms. The summed E-state index contributed by atoms with van der Waals surface area (Å²) in [4.78, 5) is 15.8. The number of rotatable bonds is 1. The zero-order chi connectivity index (χ0) is 12.5. The van der Waals surface area contributed by atoms with Gasteiger partial charge in [-0.2, -0.15) is 0 Å². The fraction of sp³-hybridized carbons (Fsp3) is 0.143. The Morgan fingerprint density at radius 1 is 1.22 bits per heavy atom. The largest absolute Gasteiger partial charge is 0.487 e. The Kier molecular flexibility index (Phi) is 2.48. The van der Waals surface area contributed by atoms with Crippen LogP contribution in [0.3, 0.4) is 0 Å². The topological polar surface area (TPSA) is 59.4 Å². The number of para-hydroxylation sites is 1.